The van der Waals surface area contributed by atoms with Crippen LogP contribution in [0, 0.1) is 0 Å². The molecule has 2 atom stereocenters. The Morgan fingerprint density at radius 1 is 1.59 bits per heavy atom. The van der Waals surface area contributed by atoms with E-state index in [0.717, 1.165) is 13.0 Å². The van der Waals surface area contributed by atoms with Crippen LogP contribution in [0.1, 0.15) is 50.1 Å². The summed E-state index contributed by atoms with van der Waals surface area (Å²) in [6, 6.07) is 0.971. The zero-order valence-corrected chi connectivity index (χ0v) is 11.1. The molecule has 1 aromatic rings. The van der Waals surface area contributed by atoms with Gasteiger partial charge in [-0.15, -0.1) is 11.3 Å². The molecule has 3 rings (SSSR count). The Morgan fingerprint density at radius 2 is 2.47 bits per heavy atom. The van der Waals surface area contributed by atoms with Gasteiger partial charge in [0.1, 0.15) is 5.01 Å². The summed E-state index contributed by atoms with van der Waals surface area (Å²) in [5, 5.41) is 6.95. The number of hydrogen-bond donors (Lipinski definition) is 1. The topological polar surface area (TPSA) is 34.1 Å². The van der Waals surface area contributed by atoms with Gasteiger partial charge in [0.2, 0.25) is 0 Å². The van der Waals surface area contributed by atoms with E-state index in [1.54, 1.807) is 11.3 Å². The largest absolute Gasteiger partial charge is 0.375 e. The van der Waals surface area contributed by atoms with E-state index >= 15 is 0 Å². The molecule has 1 aromatic heterocycles. The second-order valence-corrected chi connectivity index (χ2v) is 6.26. The number of hydrogen-bond acceptors (Lipinski definition) is 4. The zero-order chi connectivity index (χ0) is 11.7. The molecule has 1 spiro atoms. The minimum absolute atomic E-state index is 0.235. The Kier molecular flexibility index (Phi) is 3.19. The van der Waals surface area contributed by atoms with Gasteiger partial charge in [-0.05, 0) is 39.0 Å². The Labute approximate surface area is 107 Å². The van der Waals surface area contributed by atoms with Crippen molar-refractivity contribution < 1.29 is 4.74 Å². The average Bonchev–Trinajstić information content (AvgIpc) is 2.81. The lowest BCUT2D eigenvalue weighted by Gasteiger charge is -2.47. The van der Waals surface area contributed by atoms with Gasteiger partial charge in [0.05, 0.1) is 11.6 Å². The molecule has 0 amide bonds. The molecule has 2 fully saturated rings. The predicted molar refractivity (Wildman–Crippen MR) is 69.2 cm³/mol. The fourth-order valence-electron chi connectivity index (χ4n) is 2.96. The summed E-state index contributed by atoms with van der Waals surface area (Å²) in [6.45, 7) is 3.13. The molecule has 0 aromatic carbocycles. The highest BCUT2D eigenvalue weighted by molar-refractivity contribution is 7.09. The molecule has 1 saturated carbocycles. The fourth-order valence-corrected chi connectivity index (χ4v) is 3.62. The fraction of sp³-hybridized carbons (Fsp3) is 0.769. The molecule has 4 heteroatoms. The van der Waals surface area contributed by atoms with Gasteiger partial charge in [0.15, 0.2) is 0 Å². The van der Waals surface area contributed by atoms with Crippen molar-refractivity contribution in [3.63, 3.8) is 0 Å². The first-order valence-electron chi connectivity index (χ1n) is 6.57. The minimum atomic E-state index is 0.235. The molecule has 1 aliphatic heterocycles. The summed E-state index contributed by atoms with van der Waals surface area (Å²) >= 11 is 1.73. The number of aromatic nitrogens is 1. The maximum absolute atomic E-state index is 5.95. The van der Waals surface area contributed by atoms with Crippen molar-refractivity contribution in [2.75, 3.05) is 6.61 Å². The predicted octanol–water partition coefficient (Wildman–Crippen LogP) is 2.90. The van der Waals surface area contributed by atoms with Crippen LogP contribution in [0.5, 0.6) is 0 Å². The van der Waals surface area contributed by atoms with Gasteiger partial charge in [-0.2, -0.15) is 0 Å². The summed E-state index contributed by atoms with van der Waals surface area (Å²) in [4.78, 5) is 4.38. The van der Waals surface area contributed by atoms with Crippen LogP contribution in [0.2, 0.25) is 0 Å². The molecule has 2 heterocycles. The summed E-state index contributed by atoms with van der Waals surface area (Å²) in [5.74, 6) is 0. The van der Waals surface area contributed by atoms with Gasteiger partial charge in [0, 0.05) is 24.2 Å². The number of ether oxygens (including phenoxy) is 1. The molecule has 2 aliphatic rings. The van der Waals surface area contributed by atoms with Crippen LogP contribution in [0.25, 0.3) is 0 Å². The van der Waals surface area contributed by atoms with E-state index in [1.807, 2.05) is 11.6 Å². The second-order valence-electron chi connectivity index (χ2n) is 5.33. The normalized spacial score (nSPS) is 28.9. The first-order valence-corrected chi connectivity index (χ1v) is 7.45. The SMILES string of the molecule is CC(NC1CCOC2(CCC2)C1)c1nccs1. The lowest BCUT2D eigenvalue weighted by atomic mass is 9.74. The second kappa shape index (κ2) is 4.67. The van der Waals surface area contributed by atoms with Crippen molar-refractivity contribution in [3.05, 3.63) is 16.6 Å². The molecule has 2 unspecified atom stereocenters. The van der Waals surface area contributed by atoms with Crippen molar-refractivity contribution in [1.29, 1.82) is 0 Å². The van der Waals surface area contributed by atoms with Crippen LogP contribution >= 0.6 is 11.3 Å². The number of nitrogens with zero attached hydrogens (tertiary/aromatic N) is 1. The smallest absolute Gasteiger partial charge is 0.109 e. The van der Waals surface area contributed by atoms with Crippen LogP contribution in [0.3, 0.4) is 0 Å². The molecule has 1 aliphatic carbocycles. The number of rotatable bonds is 3. The Balaban J connectivity index is 1.58. The van der Waals surface area contributed by atoms with Crippen LogP contribution in [-0.4, -0.2) is 23.2 Å². The van der Waals surface area contributed by atoms with Crippen molar-refractivity contribution >= 4 is 11.3 Å². The van der Waals surface area contributed by atoms with Crippen molar-refractivity contribution in [2.24, 2.45) is 0 Å². The van der Waals surface area contributed by atoms with Gasteiger partial charge < -0.3 is 10.1 Å². The third-order valence-corrected chi connectivity index (χ3v) is 5.02. The molecule has 3 nitrogen and oxygen atoms in total. The summed E-state index contributed by atoms with van der Waals surface area (Å²) in [7, 11) is 0. The Morgan fingerprint density at radius 3 is 3.12 bits per heavy atom. The lowest BCUT2D eigenvalue weighted by molar-refractivity contribution is -0.136. The third kappa shape index (κ3) is 2.39. The highest BCUT2D eigenvalue weighted by Crippen LogP contribution is 2.42. The van der Waals surface area contributed by atoms with Gasteiger partial charge in [-0.1, -0.05) is 0 Å². The molecular weight excluding hydrogens is 232 g/mol. The maximum Gasteiger partial charge on any atom is 0.109 e. The van der Waals surface area contributed by atoms with Gasteiger partial charge in [-0.3, -0.25) is 0 Å². The Bertz CT molecular complexity index is 362. The highest BCUT2D eigenvalue weighted by atomic mass is 32.1. The van der Waals surface area contributed by atoms with E-state index in [4.69, 9.17) is 4.74 Å². The lowest BCUT2D eigenvalue weighted by Crippen LogP contribution is -2.51. The van der Waals surface area contributed by atoms with E-state index in [-0.39, 0.29) is 5.60 Å². The van der Waals surface area contributed by atoms with E-state index in [0.29, 0.717) is 12.1 Å². The first kappa shape index (κ1) is 11.6. The third-order valence-electron chi connectivity index (χ3n) is 4.07. The van der Waals surface area contributed by atoms with Crippen LogP contribution < -0.4 is 5.32 Å². The molecule has 1 N–H and O–H groups in total. The molecule has 94 valence electrons. The maximum atomic E-state index is 5.95. The van der Waals surface area contributed by atoms with E-state index in [9.17, 15) is 0 Å². The van der Waals surface area contributed by atoms with E-state index < -0.39 is 0 Å². The minimum Gasteiger partial charge on any atom is -0.375 e. The zero-order valence-electron chi connectivity index (χ0n) is 10.3. The average molecular weight is 252 g/mol. The molecule has 0 radical (unpaired) electrons. The molecule has 1 saturated heterocycles. The molecular formula is C13H20N2OS. The van der Waals surface area contributed by atoms with E-state index in [1.165, 1.54) is 30.7 Å². The number of thiazole rings is 1. The monoisotopic (exact) mass is 252 g/mol. The van der Waals surface area contributed by atoms with Crippen molar-refractivity contribution in [2.45, 2.75) is 56.7 Å². The van der Waals surface area contributed by atoms with E-state index in [2.05, 4.69) is 17.2 Å². The van der Waals surface area contributed by atoms with Crippen LogP contribution in [-0.2, 0) is 4.74 Å². The van der Waals surface area contributed by atoms with Gasteiger partial charge in [-0.25, -0.2) is 4.98 Å². The quantitative estimate of drug-likeness (QED) is 0.898. The van der Waals surface area contributed by atoms with Crippen LogP contribution in [0.4, 0.5) is 0 Å². The molecule has 0 bridgehead atoms. The number of nitrogens with one attached hydrogen (secondary N) is 1. The first-order chi connectivity index (χ1) is 8.27. The summed E-state index contributed by atoms with van der Waals surface area (Å²) in [5.41, 5.74) is 0.235. The van der Waals surface area contributed by atoms with Crippen LogP contribution in [0.15, 0.2) is 11.6 Å². The summed E-state index contributed by atoms with van der Waals surface area (Å²) < 4.78 is 5.95. The standard InChI is InChI=1S/C13H20N2OS/c1-10(12-14-6-8-17-12)15-11-3-7-16-13(9-11)4-2-5-13/h6,8,10-11,15H,2-5,7,9H2,1H3. The van der Waals surface area contributed by atoms with Gasteiger partial charge >= 0.3 is 0 Å². The Hall–Kier alpha value is -0.450. The van der Waals surface area contributed by atoms with Crippen molar-refractivity contribution in [1.82, 2.24) is 10.3 Å². The molecule has 17 heavy (non-hydrogen) atoms. The van der Waals surface area contributed by atoms with Gasteiger partial charge in [0.25, 0.3) is 0 Å². The highest BCUT2D eigenvalue weighted by Gasteiger charge is 2.42. The summed E-state index contributed by atoms with van der Waals surface area (Å²) in [6.07, 6.45) is 8.07. The van der Waals surface area contributed by atoms with Crippen molar-refractivity contribution in [3.8, 4) is 0 Å².